The zero-order chi connectivity index (χ0) is 15.8. The van der Waals surface area contributed by atoms with Gasteiger partial charge in [-0.25, -0.2) is 0 Å². The van der Waals surface area contributed by atoms with Crippen LogP contribution in [0, 0.1) is 10.8 Å². The fraction of sp³-hybridized carbons (Fsp3) is 0.500. The minimum absolute atomic E-state index is 0.257. The molecule has 1 aromatic heterocycles. The predicted molar refractivity (Wildman–Crippen MR) is 86.0 cm³/mol. The van der Waals surface area contributed by atoms with Crippen molar-refractivity contribution in [3.05, 3.63) is 23.0 Å². The number of aromatic nitrogens is 2. The third-order valence-corrected chi connectivity index (χ3v) is 4.87. The van der Waals surface area contributed by atoms with Crippen LogP contribution in [0.4, 0.5) is 0 Å². The molecule has 7 heteroatoms. The van der Waals surface area contributed by atoms with Gasteiger partial charge in [0.2, 0.25) is 12.7 Å². The van der Waals surface area contributed by atoms with Crippen molar-refractivity contribution < 1.29 is 18.8 Å². The highest BCUT2D eigenvalue weighted by Crippen LogP contribution is 2.35. The van der Waals surface area contributed by atoms with Gasteiger partial charge in [-0.1, -0.05) is 6.92 Å². The summed E-state index contributed by atoms with van der Waals surface area (Å²) in [5.41, 5.74) is 0.848. The zero-order valence-electron chi connectivity index (χ0n) is 13.1. The normalized spacial score (nSPS) is 23.2. The maximum atomic E-state index is 5.68. The monoisotopic (exact) mass is 334 g/mol. The topological polar surface area (TPSA) is 53.9 Å². The summed E-state index contributed by atoms with van der Waals surface area (Å²) in [6, 6.07) is 5.66. The Balaban J connectivity index is 1.54. The lowest BCUT2D eigenvalue weighted by Crippen LogP contribution is -3.12. The maximum absolute atomic E-state index is 5.68. The van der Waals surface area contributed by atoms with Crippen molar-refractivity contribution in [2.75, 3.05) is 19.9 Å². The Kier molecular flexibility index (Phi) is 3.82. The molecule has 2 aliphatic heterocycles. The third kappa shape index (κ3) is 2.98. The fourth-order valence-corrected chi connectivity index (χ4v) is 3.28. The van der Waals surface area contributed by atoms with Crippen molar-refractivity contribution in [2.45, 2.75) is 26.4 Å². The lowest BCUT2D eigenvalue weighted by molar-refractivity contribution is -0.929. The number of nitrogens with one attached hydrogen (secondary N) is 1. The van der Waals surface area contributed by atoms with Crippen LogP contribution in [0.25, 0.3) is 11.5 Å². The highest BCUT2D eigenvalue weighted by molar-refractivity contribution is 7.71. The first kappa shape index (κ1) is 14.7. The molecule has 1 aromatic carbocycles. The van der Waals surface area contributed by atoms with E-state index in [2.05, 4.69) is 12.0 Å². The van der Waals surface area contributed by atoms with Gasteiger partial charge in [0.05, 0.1) is 13.1 Å². The molecule has 0 saturated carbocycles. The van der Waals surface area contributed by atoms with E-state index >= 15 is 0 Å². The van der Waals surface area contributed by atoms with E-state index in [9.17, 15) is 0 Å². The van der Waals surface area contributed by atoms with E-state index in [1.807, 2.05) is 18.2 Å². The van der Waals surface area contributed by atoms with Crippen LogP contribution in [0.2, 0.25) is 0 Å². The number of rotatable bonds is 3. The van der Waals surface area contributed by atoms with E-state index in [0.717, 1.165) is 37.0 Å². The number of piperidine rings is 1. The number of fused-ring (bicyclic) bond motifs is 1. The molecule has 6 nitrogen and oxygen atoms in total. The largest absolute Gasteiger partial charge is 0.454 e. The Morgan fingerprint density at radius 3 is 2.87 bits per heavy atom. The molecule has 1 saturated heterocycles. The second kappa shape index (κ2) is 5.98. The quantitative estimate of drug-likeness (QED) is 0.869. The van der Waals surface area contributed by atoms with Crippen molar-refractivity contribution in [3.63, 3.8) is 0 Å². The molecule has 0 unspecified atom stereocenters. The second-order valence-electron chi connectivity index (χ2n) is 6.33. The van der Waals surface area contributed by atoms with E-state index < -0.39 is 0 Å². The Labute approximate surface area is 139 Å². The van der Waals surface area contributed by atoms with Gasteiger partial charge in [0.1, 0.15) is 0 Å². The highest BCUT2D eigenvalue weighted by Gasteiger charge is 2.21. The molecular weight excluding hydrogens is 314 g/mol. The van der Waals surface area contributed by atoms with Crippen LogP contribution in [0.3, 0.4) is 0 Å². The van der Waals surface area contributed by atoms with E-state index in [-0.39, 0.29) is 6.79 Å². The number of benzene rings is 1. The average Bonchev–Trinajstić information content (AvgIpc) is 3.16. The smallest absolute Gasteiger partial charge is 0.292 e. The lowest BCUT2D eigenvalue weighted by atomic mass is 10.00. The number of ether oxygens (including phenoxy) is 2. The van der Waals surface area contributed by atoms with Crippen molar-refractivity contribution in [1.82, 2.24) is 9.78 Å². The molecule has 0 aliphatic carbocycles. The SMILES string of the molecule is CC1CC[NH+](Cn2nc(-c3ccc4c(c3)OCO4)oc2=S)CC1. The Morgan fingerprint density at radius 1 is 1.26 bits per heavy atom. The summed E-state index contributed by atoms with van der Waals surface area (Å²) in [7, 11) is 0. The fourth-order valence-electron chi connectivity index (χ4n) is 3.09. The van der Waals surface area contributed by atoms with E-state index in [4.69, 9.17) is 26.1 Å². The van der Waals surface area contributed by atoms with Gasteiger partial charge >= 0.3 is 0 Å². The van der Waals surface area contributed by atoms with Crippen LogP contribution in [0.1, 0.15) is 19.8 Å². The molecule has 2 aliphatic rings. The van der Waals surface area contributed by atoms with Crippen LogP contribution in [0.5, 0.6) is 11.5 Å². The zero-order valence-corrected chi connectivity index (χ0v) is 13.9. The van der Waals surface area contributed by atoms with Crippen molar-refractivity contribution in [3.8, 4) is 23.0 Å². The van der Waals surface area contributed by atoms with Crippen LogP contribution in [-0.2, 0) is 6.67 Å². The maximum Gasteiger partial charge on any atom is 0.292 e. The molecule has 1 fully saturated rings. The summed E-state index contributed by atoms with van der Waals surface area (Å²) in [6.45, 7) is 5.66. The lowest BCUT2D eigenvalue weighted by Gasteiger charge is -2.26. The van der Waals surface area contributed by atoms with E-state index in [1.54, 1.807) is 4.68 Å². The summed E-state index contributed by atoms with van der Waals surface area (Å²) in [5.74, 6) is 2.82. The van der Waals surface area contributed by atoms with Crippen molar-refractivity contribution in [2.24, 2.45) is 5.92 Å². The van der Waals surface area contributed by atoms with Gasteiger partial charge in [-0.15, -0.1) is 5.10 Å². The van der Waals surface area contributed by atoms with Gasteiger partial charge in [-0.2, -0.15) is 4.68 Å². The summed E-state index contributed by atoms with van der Waals surface area (Å²) in [6.07, 6.45) is 2.52. The van der Waals surface area contributed by atoms with Crippen LogP contribution >= 0.6 is 12.2 Å². The molecule has 1 N–H and O–H groups in total. The Hall–Kier alpha value is -1.86. The Bertz CT molecular complexity index is 762. The van der Waals surface area contributed by atoms with Gasteiger partial charge in [0.25, 0.3) is 4.84 Å². The average molecular weight is 334 g/mol. The van der Waals surface area contributed by atoms with Crippen molar-refractivity contribution in [1.29, 1.82) is 0 Å². The van der Waals surface area contributed by atoms with Gasteiger partial charge in [0.15, 0.2) is 18.2 Å². The number of quaternary nitrogens is 1. The van der Waals surface area contributed by atoms with Gasteiger partial charge < -0.3 is 18.8 Å². The molecule has 0 bridgehead atoms. The molecular formula is C16H20N3O3S+. The van der Waals surface area contributed by atoms with Gasteiger partial charge in [0, 0.05) is 5.56 Å². The van der Waals surface area contributed by atoms with Crippen molar-refractivity contribution >= 4 is 12.2 Å². The molecule has 122 valence electrons. The molecule has 3 heterocycles. The number of nitrogens with zero attached hydrogens (tertiary/aromatic N) is 2. The minimum Gasteiger partial charge on any atom is -0.454 e. The molecule has 4 rings (SSSR count). The third-order valence-electron chi connectivity index (χ3n) is 4.58. The van der Waals surface area contributed by atoms with E-state index in [0.29, 0.717) is 16.5 Å². The molecule has 0 radical (unpaired) electrons. The first-order valence-electron chi connectivity index (χ1n) is 8.00. The van der Waals surface area contributed by atoms with Crippen LogP contribution in [0.15, 0.2) is 22.6 Å². The van der Waals surface area contributed by atoms with Crippen LogP contribution in [-0.4, -0.2) is 29.7 Å². The summed E-state index contributed by atoms with van der Waals surface area (Å²) >= 11 is 5.33. The second-order valence-corrected chi connectivity index (χ2v) is 6.68. The molecule has 23 heavy (non-hydrogen) atoms. The molecule has 2 aromatic rings. The van der Waals surface area contributed by atoms with Crippen LogP contribution < -0.4 is 14.4 Å². The number of likely N-dealkylation sites (tertiary alicyclic amines) is 1. The highest BCUT2D eigenvalue weighted by atomic mass is 32.1. The standard InChI is InChI=1S/C16H19N3O3S/c1-11-4-6-18(7-5-11)9-19-16(23)22-15(17-19)12-2-3-13-14(8-12)21-10-20-13/h2-3,8,11H,4-7,9-10H2,1H3/p+1. The molecule has 0 atom stereocenters. The number of hydrogen-bond donors (Lipinski definition) is 1. The van der Waals surface area contributed by atoms with E-state index in [1.165, 1.54) is 17.7 Å². The minimum atomic E-state index is 0.257. The number of hydrogen-bond acceptors (Lipinski definition) is 5. The summed E-state index contributed by atoms with van der Waals surface area (Å²) < 4.78 is 18.2. The van der Waals surface area contributed by atoms with Gasteiger partial charge in [-0.3, -0.25) is 0 Å². The summed E-state index contributed by atoms with van der Waals surface area (Å²) in [4.78, 5) is 1.92. The summed E-state index contributed by atoms with van der Waals surface area (Å²) in [5, 5.41) is 4.55. The first-order valence-corrected chi connectivity index (χ1v) is 8.41. The Morgan fingerprint density at radius 2 is 2.04 bits per heavy atom. The molecule has 0 spiro atoms. The first-order chi connectivity index (χ1) is 11.2. The molecule has 0 amide bonds. The van der Waals surface area contributed by atoms with Gasteiger partial charge in [-0.05, 0) is 49.2 Å². The predicted octanol–water partition coefficient (Wildman–Crippen LogP) is 1.87.